The minimum atomic E-state index is -4.18. The van der Waals surface area contributed by atoms with Gasteiger partial charge in [-0.05, 0) is 24.3 Å². The summed E-state index contributed by atoms with van der Waals surface area (Å²) in [4.78, 5) is 4.04. The topological polar surface area (TPSA) is 141 Å². The first kappa shape index (κ1) is 22.9. The molecule has 0 spiro atoms. The Bertz CT molecular complexity index is 1480. The molecule has 1 aliphatic rings. The maximum Gasteiger partial charge on any atom is 0.264 e. The van der Waals surface area contributed by atoms with Crippen molar-refractivity contribution in [2.24, 2.45) is 0 Å². The fraction of sp³-hybridized carbons (Fsp3) is 0.217. The van der Waals surface area contributed by atoms with Gasteiger partial charge in [-0.15, -0.1) is 0 Å². The van der Waals surface area contributed by atoms with Crippen LogP contribution in [0.2, 0.25) is 0 Å². The number of benzene rings is 2. The van der Waals surface area contributed by atoms with E-state index in [9.17, 15) is 12.8 Å². The smallest absolute Gasteiger partial charge is 0.264 e. The van der Waals surface area contributed by atoms with Crippen molar-refractivity contribution >= 4 is 32.6 Å². The number of nitrogens with one attached hydrogen (secondary N) is 2. The summed E-state index contributed by atoms with van der Waals surface area (Å²) in [6.45, 7) is 1.11. The van der Waals surface area contributed by atoms with Crippen LogP contribution in [0.5, 0.6) is 11.5 Å². The van der Waals surface area contributed by atoms with Gasteiger partial charge in [-0.3, -0.25) is 9.82 Å². The molecule has 35 heavy (non-hydrogen) atoms. The quantitative estimate of drug-likeness (QED) is 0.352. The molecule has 1 aliphatic heterocycles. The van der Waals surface area contributed by atoms with Crippen LogP contribution in [-0.2, 0) is 14.8 Å². The number of aromatic amines is 1. The third kappa shape index (κ3) is 4.57. The second-order valence-corrected chi connectivity index (χ2v) is 9.57. The summed E-state index contributed by atoms with van der Waals surface area (Å²) in [5, 5.41) is 7.46. The van der Waals surface area contributed by atoms with Crippen LogP contribution >= 0.6 is 0 Å². The van der Waals surface area contributed by atoms with E-state index in [2.05, 4.69) is 19.9 Å². The molecule has 10 nitrogen and oxygen atoms in total. The van der Waals surface area contributed by atoms with Crippen molar-refractivity contribution in [3.05, 3.63) is 54.3 Å². The molecule has 1 unspecified atom stereocenters. The number of hydrogen-bond donors (Lipinski definition) is 3. The van der Waals surface area contributed by atoms with Crippen LogP contribution in [0.15, 0.2) is 53.4 Å². The minimum Gasteiger partial charge on any atom is -0.497 e. The van der Waals surface area contributed by atoms with Crippen LogP contribution in [0.25, 0.3) is 22.3 Å². The van der Waals surface area contributed by atoms with E-state index in [1.165, 1.54) is 13.2 Å². The summed E-state index contributed by atoms with van der Waals surface area (Å²) >= 11 is 0. The van der Waals surface area contributed by atoms with Crippen molar-refractivity contribution in [2.75, 3.05) is 30.8 Å². The van der Waals surface area contributed by atoms with Gasteiger partial charge in [-0.25, -0.2) is 17.8 Å². The van der Waals surface area contributed by atoms with E-state index in [-0.39, 0.29) is 17.5 Å². The summed E-state index contributed by atoms with van der Waals surface area (Å²) < 4.78 is 58.5. The fourth-order valence-electron chi connectivity index (χ4n) is 3.77. The van der Waals surface area contributed by atoms with E-state index in [1.807, 2.05) is 0 Å². The number of H-pyrrole nitrogens is 1. The molecule has 0 radical (unpaired) electrons. The van der Waals surface area contributed by atoms with E-state index in [0.29, 0.717) is 47.1 Å². The fourth-order valence-corrected chi connectivity index (χ4v) is 4.93. The largest absolute Gasteiger partial charge is 0.497 e. The first-order valence-electron chi connectivity index (χ1n) is 10.7. The van der Waals surface area contributed by atoms with E-state index >= 15 is 0 Å². The molecule has 1 fully saturated rings. The monoisotopic (exact) mass is 499 g/mol. The molecule has 0 saturated carbocycles. The van der Waals surface area contributed by atoms with Crippen molar-refractivity contribution in [1.82, 2.24) is 15.2 Å². The Kier molecular flexibility index (Phi) is 5.91. The summed E-state index contributed by atoms with van der Waals surface area (Å²) in [6.07, 6.45) is 0.663. The highest BCUT2D eigenvalue weighted by atomic mass is 32.2. The number of sulfonamides is 1. The average molecular weight is 500 g/mol. The lowest BCUT2D eigenvalue weighted by Gasteiger charge is -2.14. The lowest BCUT2D eigenvalue weighted by molar-refractivity contribution is 0.142. The molecule has 2 aromatic heterocycles. The van der Waals surface area contributed by atoms with Crippen LogP contribution in [0.1, 0.15) is 6.42 Å². The molecule has 0 amide bonds. The molecule has 0 aliphatic carbocycles. The first-order chi connectivity index (χ1) is 16.8. The number of pyridine rings is 1. The standard InChI is InChI=1S/C23H22FN5O5S/c1-32-15-6-7-17(24)20(10-15)35(30,31)29-14-4-2-13(3-5-14)18-11-19(34-16-8-9-33-12-16)21-22(25)27-28-23(21)26-18/h2-7,10-11,16,29H,8-9,12H2,1H3,(H3,25,26,27,28). The molecule has 5 rings (SSSR count). The second kappa shape index (κ2) is 9.04. The Balaban J connectivity index is 1.43. The summed E-state index contributed by atoms with van der Waals surface area (Å²) in [5.41, 5.74) is 7.93. The zero-order valence-electron chi connectivity index (χ0n) is 18.6. The Morgan fingerprint density at radius 3 is 2.71 bits per heavy atom. The SMILES string of the molecule is COc1ccc(F)c(S(=O)(=O)Nc2ccc(-c3cc(OC4CCOC4)c4c(N)[nH]nc4n3)cc2)c1. The van der Waals surface area contributed by atoms with Crippen molar-refractivity contribution < 1.29 is 27.0 Å². The number of nitrogens with two attached hydrogens (primary N) is 1. The number of fused-ring (bicyclic) bond motifs is 1. The lowest BCUT2D eigenvalue weighted by Crippen LogP contribution is -2.16. The highest BCUT2D eigenvalue weighted by Gasteiger charge is 2.22. The normalized spacial score (nSPS) is 15.9. The summed E-state index contributed by atoms with van der Waals surface area (Å²) in [5.74, 6) is 0.225. The number of aromatic nitrogens is 3. The molecule has 3 heterocycles. The second-order valence-electron chi connectivity index (χ2n) is 7.92. The van der Waals surface area contributed by atoms with Gasteiger partial charge in [0.25, 0.3) is 10.0 Å². The van der Waals surface area contributed by atoms with Crippen LogP contribution < -0.4 is 19.9 Å². The molecule has 0 bridgehead atoms. The molecule has 182 valence electrons. The molecule has 2 aromatic carbocycles. The summed E-state index contributed by atoms with van der Waals surface area (Å²) in [7, 11) is -2.81. The Morgan fingerprint density at radius 1 is 1.20 bits per heavy atom. The average Bonchev–Trinajstić information content (AvgIpc) is 3.49. The minimum absolute atomic E-state index is 0.100. The van der Waals surface area contributed by atoms with Crippen molar-refractivity contribution in [3.8, 4) is 22.8 Å². The van der Waals surface area contributed by atoms with Crippen LogP contribution in [0.3, 0.4) is 0 Å². The predicted octanol–water partition coefficient (Wildman–Crippen LogP) is 3.32. The molecular weight excluding hydrogens is 477 g/mol. The molecule has 4 aromatic rings. The Labute approximate surface area is 200 Å². The maximum absolute atomic E-state index is 14.2. The van der Waals surface area contributed by atoms with Gasteiger partial charge < -0.3 is 19.9 Å². The third-order valence-corrected chi connectivity index (χ3v) is 6.95. The highest BCUT2D eigenvalue weighted by Crippen LogP contribution is 2.34. The third-order valence-electron chi connectivity index (χ3n) is 5.56. The molecule has 1 atom stereocenters. The predicted molar refractivity (Wildman–Crippen MR) is 127 cm³/mol. The number of ether oxygens (including phenoxy) is 3. The summed E-state index contributed by atoms with van der Waals surface area (Å²) in [6, 6.07) is 11.8. The number of nitrogen functional groups attached to an aromatic ring is 1. The number of halogens is 1. The number of hydrogen-bond acceptors (Lipinski definition) is 8. The van der Waals surface area contributed by atoms with E-state index < -0.39 is 20.7 Å². The maximum atomic E-state index is 14.2. The molecule has 12 heteroatoms. The van der Waals surface area contributed by atoms with Gasteiger partial charge >= 0.3 is 0 Å². The molecule has 4 N–H and O–H groups in total. The van der Waals surface area contributed by atoms with E-state index in [4.69, 9.17) is 19.9 Å². The highest BCUT2D eigenvalue weighted by molar-refractivity contribution is 7.92. The Morgan fingerprint density at radius 2 is 2.00 bits per heavy atom. The van der Waals surface area contributed by atoms with Crippen LogP contribution in [0.4, 0.5) is 15.9 Å². The number of nitrogens with zero attached hydrogens (tertiary/aromatic N) is 2. The van der Waals surface area contributed by atoms with Gasteiger partial charge in [0.2, 0.25) is 0 Å². The van der Waals surface area contributed by atoms with E-state index in [1.54, 1.807) is 30.3 Å². The molecular formula is C23H22FN5O5S. The van der Waals surface area contributed by atoms with Gasteiger partial charge in [0, 0.05) is 29.8 Å². The number of anilines is 2. The van der Waals surface area contributed by atoms with Gasteiger partial charge in [0.05, 0.1) is 26.0 Å². The van der Waals surface area contributed by atoms with E-state index in [0.717, 1.165) is 18.6 Å². The van der Waals surface area contributed by atoms with Gasteiger partial charge in [0.15, 0.2) is 5.65 Å². The van der Waals surface area contributed by atoms with Crippen LogP contribution in [-0.4, -0.2) is 50.0 Å². The van der Waals surface area contributed by atoms with Crippen molar-refractivity contribution in [1.29, 1.82) is 0 Å². The zero-order valence-corrected chi connectivity index (χ0v) is 19.4. The zero-order chi connectivity index (χ0) is 24.6. The number of methoxy groups -OCH3 is 1. The number of rotatable bonds is 7. The molecule has 1 saturated heterocycles. The van der Waals surface area contributed by atoms with Crippen molar-refractivity contribution in [2.45, 2.75) is 17.4 Å². The van der Waals surface area contributed by atoms with Gasteiger partial charge in [-0.1, -0.05) is 12.1 Å². The van der Waals surface area contributed by atoms with Gasteiger partial charge in [-0.2, -0.15) is 5.10 Å². The lowest BCUT2D eigenvalue weighted by atomic mass is 10.1. The van der Waals surface area contributed by atoms with Gasteiger partial charge in [0.1, 0.15) is 39.5 Å². The first-order valence-corrected chi connectivity index (χ1v) is 12.2. The van der Waals surface area contributed by atoms with Crippen LogP contribution in [0, 0.1) is 5.82 Å². The Hall–Kier alpha value is -3.90. The van der Waals surface area contributed by atoms with Crippen molar-refractivity contribution in [3.63, 3.8) is 0 Å².